The zero-order chi connectivity index (χ0) is 19.6. The number of aromatic nitrogens is 2. The number of urea groups is 1. The Morgan fingerprint density at radius 3 is 2.67 bits per heavy atom. The van der Waals surface area contributed by atoms with Crippen LogP contribution in [0, 0.1) is 0 Å². The molecule has 2 N–H and O–H groups in total. The van der Waals surface area contributed by atoms with E-state index in [9.17, 15) is 22.8 Å². The number of hydrogen-bond acceptors (Lipinski definition) is 3. The fourth-order valence-electron chi connectivity index (χ4n) is 3.02. The van der Waals surface area contributed by atoms with Gasteiger partial charge in [-0.25, -0.2) is 4.79 Å². The lowest BCUT2D eigenvalue weighted by atomic mass is 10.0. The van der Waals surface area contributed by atoms with Crippen LogP contribution < -0.4 is 10.6 Å². The van der Waals surface area contributed by atoms with Gasteiger partial charge in [0, 0.05) is 26.3 Å². The summed E-state index contributed by atoms with van der Waals surface area (Å²) in [4.78, 5) is 26.1. The molecule has 7 nitrogen and oxygen atoms in total. The average molecular weight is 381 g/mol. The molecule has 27 heavy (non-hydrogen) atoms. The lowest BCUT2D eigenvalue weighted by Crippen LogP contribution is -2.39. The number of alkyl halides is 3. The predicted molar refractivity (Wildman–Crippen MR) is 90.7 cm³/mol. The minimum absolute atomic E-state index is 0.0244. The largest absolute Gasteiger partial charge is 0.437 e. The van der Waals surface area contributed by atoms with Crippen LogP contribution in [0.25, 0.3) is 0 Å². The highest BCUT2D eigenvalue weighted by atomic mass is 19.4. The van der Waals surface area contributed by atoms with Crippen LogP contribution in [0.15, 0.2) is 36.5 Å². The standard InChI is InChI=1S/C17H18F3N5O2/c1-24-10-12(15(23-24)17(18,19)20)22-16(27)25-8-7-21-14(26)9-13(25)11-5-3-2-4-6-11/h2-6,10,13H,7-9H2,1H3,(H,21,26)(H,22,27). The number of carbonyl (C=O) groups is 2. The first-order chi connectivity index (χ1) is 12.8. The average Bonchev–Trinajstić information content (AvgIpc) is 2.86. The minimum Gasteiger partial charge on any atom is -0.354 e. The zero-order valence-electron chi connectivity index (χ0n) is 14.5. The number of nitrogens with one attached hydrogen (secondary N) is 2. The van der Waals surface area contributed by atoms with Gasteiger partial charge in [0.1, 0.15) is 0 Å². The van der Waals surface area contributed by atoms with Gasteiger partial charge in [-0.05, 0) is 5.56 Å². The van der Waals surface area contributed by atoms with Gasteiger partial charge >= 0.3 is 12.2 Å². The van der Waals surface area contributed by atoms with E-state index in [2.05, 4.69) is 15.7 Å². The van der Waals surface area contributed by atoms with Gasteiger partial charge in [-0.1, -0.05) is 30.3 Å². The molecule has 2 aromatic rings. The monoisotopic (exact) mass is 381 g/mol. The van der Waals surface area contributed by atoms with Crippen molar-refractivity contribution in [2.24, 2.45) is 7.05 Å². The molecule has 0 aliphatic carbocycles. The summed E-state index contributed by atoms with van der Waals surface area (Å²) in [6.07, 6.45) is -3.57. The third-order valence-electron chi connectivity index (χ3n) is 4.21. The summed E-state index contributed by atoms with van der Waals surface area (Å²) in [5.41, 5.74) is -0.865. The lowest BCUT2D eigenvalue weighted by molar-refractivity contribution is -0.140. The van der Waals surface area contributed by atoms with Crippen LogP contribution in [-0.4, -0.2) is 39.7 Å². The van der Waals surface area contributed by atoms with E-state index in [1.54, 1.807) is 30.3 Å². The highest BCUT2D eigenvalue weighted by Crippen LogP contribution is 2.34. The van der Waals surface area contributed by atoms with Crippen molar-refractivity contribution < 1.29 is 22.8 Å². The lowest BCUT2D eigenvalue weighted by Gasteiger charge is -2.29. The van der Waals surface area contributed by atoms with E-state index in [-0.39, 0.29) is 25.4 Å². The van der Waals surface area contributed by atoms with Gasteiger partial charge in [-0.2, -0.15) is 18.3 Å². The van der Waals surface area contributed by atoms with Crippen LogP contribution in [0.5, 0.6) is 0 Å². The number of hydrogen-bond donors (Lipinski definition) is 2. The molecule has 0 saturated carbocycles. The molecule has 3 amide bonds. The summed E-state index contributed by atoms with van der Waals surface area (Å²) in [6, 6.07) is 7.59. The normalized spacial score (nSPS) is 18.0. The zero-order valence-corrected chi connectivity index (χ0v) is 14.5. The van der Waals surface area contributed by atoms with E-state index < -0.39 is 29.6 Å². The fourth-order valence-corrected chi connectivity index (χ4v) is 3.02. The Kier molecular flexibility index (Phi) is 5.06. The molecule has 1 aliphatic rings. The third-order valence-corrected chi connectivity index (χ3v) is 4.21. The van der Waals surface area contributed by atoms with Gasteiger partial charge in [0.05, 0.1) is 18.2 Å². The van der Waals surface area contributed by atoms with Gasteiger partial charge in [-0.3, -0.25) is 9.48 Å². The number of halogens is 3. The third kappa shape index (κ3) is 4.21. The van der Waals surface area contributed by atoms with Gasteiger partial charge in [0.25, 0.3) is 0 Å². The molecule has 1 aromatic heterocycles. The van der Waals surface area contributed by atoms with Gasteiger partial charge in [0.15, 0.2) is 5.69 Å². The summed E-state index contributed by atoms with van der Waals surface area (Å²) in [6.45, 7) is 0.382. The summed E-state index contributed by atoms with van der Waals surface area (Å²) in [5, 5.41) is 8.35. The smallest absolute Gasteiger partial charge is 0.354 e. The molecule has 10 heteroatoms. The number of anilines is 1. The van der Waals surface area contributed by atoms with Gasteiger partial charge in [0.2, 0.25) is 5.91 Å². The first-order valence-corrected chi connectivity index (χ1v) is 8.26. The van der Waals surface area contributed by atoms with Crippen LogP contribution in [-0.2, 0) is 18.0 Å². The van der Waals surface area contributed by atoms with E-state index in [4.69, 9.17) is 0 Å². The van der Waals surface area contributed by atoms with E-state index in [1.165, 1.54) is 11.9 Å². The number of amides is 3. The topological polar surface area (TPSA) is 79.3 Å². The maximum Gasteiger partial charge on any atom is 0.437 e. The Morgan fingerprint density at radius 2 is 2.00 bits per heavy atom. The summed E-state index contributed by atoms with van der Waals surface area (Å²) in [7, 11) is 1.34. The Balaban J connectivity index is 1.89. The van der Waals surface area contributed by atoms with Crippen LogP contribution >= 0.6 is 0 Å². The maximum absolute atomic E-state index is 13.1. The molecule has 0 radical (unpaired) electrons. The first kappa shape index (κ1) is 18.7. The van der Waals surface area contributed by atoms with Crippen molar-refractivity contribution in [3.63, 3.8) is 0 Å². The number of rotatable bonds is 2. The predicted octanol–water partition coefficient (Wildman–Crippen LogP) is 2.53. The van der Waals surface area contributed by atoms with E-state index in [0.29, 0.717) is 0 Å². The summed E-state index contributed by atoms with van der Waals surface area (Å²) in [5.74, 6) is -0.225. The first-order valence-electron chi connectivity index (χ1n) is 8.26. The van der Waals surface area contributed by atoms with Crippen LogP contribution in [0.3, 0.4) is 0 Å². The number of aryl methyl sites for hydroxylation is 1. The van der Waals surface area contributed by atoms with Gasteiger partial charge in [-0.15, -0.1) is 0 Å². The molecular formula is C17H18F3N5O2. The molecule has 2 heterocycles. The second kappa shape index (κ2) is 7.29. The van der Waals surface area contributed by atoms with Crippen molar-refractivity contribution >= 4 is 17.6 Å². The van der Waals surface area contributed by atoms with E-state index in [1.807, 2.05) is 0 Å². The highest BCUT2D eigenvalue weighted by molar-refractivity contribution is 5.91. The van der Waals surface area contributed by atoms with Crippen LogP contribution in [0.4, 0.5) is 23.7 Å². The SMILES string of the molecule is Cn1cc(NC(=O)N2CCNC(=O)CC2c2ccccc2)c(C(F)(F)F)n1. The summed E-state index contributed by atoms with van der Waals surface area (Å²) < 4.78 is 40.3. The molecule has 3 rings (SSSR count). The Labute approximate surface area is 153 Å². The molecular weight excluding hydrogens is 363 g/mol. The van der Waals surface area contributed by atoms with E-state index in [0.717, 1.165) is 16.4 Å². The molecule has 144 valence electrons. The molecule has 1 saturated heterocycles. The number of carbonyl (C=O) groups excluding carboxylic acids is 2. The highest BCUT2D eigenvalue weighted by Gasteiger charge is 2.38. The van der Waals surface area contributed by atoms with Crippen molar-refractivity contribution in [1.29, 1.82) is 0 Å². The quantitative estimate of drug-likeness (QED) is 0.839. The number of nitrogens with zero attached hydrogens (tertiary/aromatic N) is 3. The van der Waals surface area contributed by atoms with Crippen molar-refractivity contribution in [3.05, 3.63) is 47.8 Å². The minimum atomic E-state index is -4.70. The fraction of sp³-hybridized carbons (Fsp3) is 0.353. The number of benzene rings is 1. The van der Waals surface area contributed by atoms with Crippen molar-refractivity contribution in [2.45, 2.75) is 18.6 Å². The molecule has 0 bridgehead atoms. The Bertz CT molecular complexity index is 835. The van der Waals surface area contributed by atoms with Gasteiger partial charge < -0.3 is 15.5 Å². The Morgan fingerprint density at radius 1 is 1.30 bits per heavy atom. The Hall–Kier alpha value is -3.04. The van der Waals surface area contributed by atoms with Crippen molar-refractivity contribution in [2.75, 3.05) is 18.4 Å². The second-order valence-electron chi connectivity index (χ2n) is 6.17. The summed E-state index contributed by atoms with van der Waals surface area (Å²) >= 11 is 0. The maximum atomic E-state index is 13.1. The van der Waals surface area contributed by atoms with Crippen molar-refractivity contribution in [3.8, 4) is 0 Å². The van der Waals surface area contributed by atoms with Crippen LogP contribution in [0.1, 0.15) is 23.7 Å². The second-order valence-corrected chi connectivity index (χ2v) is 6.17. The molecule has 1 atom stereocenters. The molecule has 0 spiro atoms. The van der Waals surface area contributed by atoms with E-state index >= 15 is 0 Å². The molecule has 1 fully saturated rings. The molecule has 1 unspecified atom stereocenters. The molecule has 1 aliphatic heterocycles. The molecule has 1 aromatic carbocycles. The van der Waals surface area contributed by atoms with Crippen molar-refractivity contribution in [1.82, 2.24) is 20.0 Å². The van der Waals surface area contributed by atoms with Crippen LogP contribution in [0.2, 0.25) is 0 Å².